The van der Waals surface area contributed by atoms with Gasteiger partial charge in [-0.25, -0.2) is 0 Å². The van der Waals surface area contributed by atoms with E-state index >= 15 is 0 Å². The zero-order chi connectivity index (χ0) is 12.6. The van der Waals surface area contributed by atoms with Crippen molar-refractivity contribution in [1.29, 1.82) is 0 Å². The molecule has 1 aliphatic heterocycles. The van der Waals surface area contributed by atoms with Crippen LogP contribution in [0.25, 0.3) is 0 Å². The first-order chi connectivity index (χ1) is 8.00. The second-order valence-electron chi connectivity index (χ2n) is 5.20. The van der Waals surface area contributed by atoms with Crippen molar-refractivity contribution in [2.45, 2.75) is 39.5 Å². The fourth-order valence-electron chi connectivity index (χ4n) is 2.42. The number of benzene rings is 1. The van der Waals surface area contributed by atoms with E-state index in [2.05, 4.69) is 44.4 Å². The van der Waals surface area contributed by atoms with Crippen LogP contribution in [0.1, 0.15) is 50.7 Å². The van der Waals surface area contributed by atoms with E-state index in [1.807, 2.05) is 6.07 Å². The Morgan fingerprint density at radius 2 is 1.82 bits per heavy atom. The Bertz CT molecular complexity index is 450. The summed E-state index contributed by atoms with van der Waals surface area (Å²) in [7, 11) is 0. The zero-order valence-electron chi connectivity index (χ0n) is 10.9. The molecule has 0 spiro atoms. The minimum atomic E-state index is 0.0319. The lowest BCUT2D eigenvalue weighted by Gasteiger charge is -2.27. The highest BCUT2D eigenvalue weighted by Crippen LogP contribution is 2.38. The topological polar surface area (TPSA) is 41.1 Å². The van der Waals surface area contributed by atoms with E-state index in [1.165, 1.54) is 11.1 Å². The summed E-state index contributed by atoms with van der Waals surface area (Å²) in [5.74, 6) is 0.978. The number of nitrogens with one attached hydrogen (secondary N) is 2. The van der Waals surface area contributed by atoms with Crippen molar-refractivity contribution < 1.29 is 4.79 Å². The van der Waals surface area contributed by atoms with Crippen LogP contribution < -0.4 is 10.6 Å². The van der Waals surface area contributed by atoms with Crippen LogP contribution in [0.3, 0.4) is 0 Å². The van der Waals surface area contributed by atoms with E-state index in [1.54, 1.807) is 0 Å². The van der Waals surface area contributed by atoms with Crippen LogP contribution in [0, 0.1) is 0 Å². The monoisotopic (exact) mass is 232 g/mol. The second-order valence-corrected chi connectivity index (χ2v) is 5.20. The first kappa shape index (κ1) is 12.0. The largest absolute Gasteiger partial charge is 0.374 e. The third-order valence-electron chi connectivity index (χ3n) is 3.18. The molecule has 0 radical (unpaired) electrons. The summed E-state index contributed by atoms with van der Waals surface area (Å²) >= 11 is 0. The van der Waals surface area contributed by atoms with Crippen LogP contribution in [-0.4, -0.2) is 12.5 Å². The molecule has 3 nitrogen and oxygen atoms in total. The quantitative estimate of drug-likeness (QED) is 0.821. The van der Waals surface area contributed by atoms with Gasteiger partial charge < -0.3 is 10.6 Å². The summed E-state index contributed by atoms with van der Waals surface area (Å²) in [6.45, 7) is 9.16. The van der Waals surface area contributed by atoms with Crippen molar-refractivity contribution in [1.82, 2.24) is 0 Å². The standard InChI is InChI=1S/C14H20N2O/c1-8(2)10-5-6-11-14(13(10)9(3)4)15-7-12(17)16-11/h5-6,8-9,15H,7H2,1-4H3,(H,16,17). The SMILES string of the molecule is CC(C)c1ccc2c(c1C(C)C)NCC(=O)N2. The average Bonchev–Trinajstić information content (AvgIpc) is 2.26. The number of anilines is 2. The molecule has 92 valence electrons. The summed E-state index contributed by atoms with van der Waals surface area (Å²) in [5.41, 5.74) is 4.71. The normalized spacial score (nSPS) is 14.6. The third kappa shape index (κ3) is 2.14. The molecule has 1 amide bonds. The van der Waals surface area contributed by atoms with Crippen molar-refractivity contribution in [2.75, 3.05) is 17.2 Å². The Balaban J connectivity index is 2.58. The lowest BCUT2D eigenvalue weighted by atomic mass is 9.88. The highest BCUT2D eigenvalue weighted by molar-refractivity contribution is 6.01. The molecule has 2 rings (SSSR count). The predicted molar refractivity (Wildman–Crippen MR) is 71.7 cm³/mol. The molecule has 1 heterocycles. The number of rotatable bonds is 2. The molecule has 1 aromatic rings. The maximum Gasteiger partial charge on any atom is 0.243 e. The number of hydrogen-bond donors (Lipinski definition) is 2. The average molecular weight is 232 g/mol. The first-order valence-corrected chi connectivity index (χ1v) is 6.21. The molecular formula is C14H20N2O. The van der Waals surface area contributed by atoms with Crippen molar-refractivity contribution in [3.05, 3.63) is 23.3 Å². The lowest BCUT2D eigenvalue weighted by Crippen LogP contribution is -2.28. The Labute approximate surface area is 103 Å². The summed E-state index contributed by atoms with van der Waals surface area (Å²) in [4.78, 5) is 11.4. The lowest BCUT2D eigenvalue weighted by molar-refractivity contribution is -0.114. The van der Waals surface area contributed by atoms with Gasteiger partial charge in [-0.1, -0.05) is 33.8 Å². The number of hydrogen-bond acceptors (Lipinski definition) is 2. The number of carbonyl (C=O) groups is 1. The van der Waals surface area contributed by atoms with E-state index in [9.17, 15) is 4.79 Å². The summed E-state index contributed by atoms with van der Waals surface area (Å²) in [6, 6.07) is 4.13. The fourth-order valence-corrected chi connectivity index (χ4v) is 2.42. The molecule has 2 N–H and O–H groups in total. The first-order valence-electron chi connectivity index (χ1n) is 6.21. The van der Waals surface area contributed by atoms with Gasteiger partial charge in [0.25, 0.3) is 0 Å². The molecule has 0 aliphatic carbocycles. The maximum absolute atomic E-state index is 11.4. The van der Waals surface area contributed by atoms with Crippen LogP contribution >= 0.6 is 0 Å². The third-order valence-corrected chi connectivity index (χ3v) is 3.18. The maximum atomic E-state index is 11.4. The summed E-state index contributed by atoms with van der Waals surface area (Å²) in [6.07, 6.45) is 0. The Morgan fingerprint density at radius 1 is 1.12 bits per heavy atom. The highest BCUT2D eigenvalue weighted by Gasteiger charge is 2.22. The Morgan fingerprint density at radius 3 is 2.41 bits per heavy atom. The van der Waals surface area contributed by atoms with Gasteiger partial charge in [0.1, 0.15) is 0 Å². The van der Waals surface area contributed by atoms with Crippen molar-refractivity contribution in [3.8, 4) is 0 Å². The van der Waals surface area contributed by atoms with Crippen LogP contribution in [0.4, 0.5) is 11.4 Å². The second kappa shape index (κ2) is 4.40. The van der Waals surface area contributed by atoms with Crippen LogP contribution in [0.5, 0.6) is 0 Å². The zero-order valence-corrected chi connectivity index (χ0v) is 10.9. The predicted octanol–water partition coefficient (Wildman–Crippen LogP) is 3.30. The van der Waals surface area contributed by atoms with E-state index < -0.39 is 0 Å². The molecule has 0 unspecified atom stereocenters. The van der Waals surface area contributed by atoms with Gasteiger partial charge in [-0.05, 0) is 29.0 Å². The molecule has 0 bridgehead atoms. The van der Waals surface area contributed by atoms with Crippen molar-refractivity contribution in [3.63, 3.8) is 0 Å². The van der Waals surface area contributed by atoms with Crippen LogP contribution in [0.15, 0.2) is 12.1 Å². The summed E-state index contributed by atoms with van der Waals surface area (Å²) < 4.78 is 0. The highest BCUT2D eigenvalue weighted by atomic mass is 16.2. The molecule has 0 saturated heterocycles. The molecule has 0 fully saturated rings. The van der Waals surface area contributed by atoms with Crippen molar-refractivity contribution in [2.24, 2.45) is 0 Å². The number of amides is 1. The molecular weight excluding hydrogens is 212 g/mol. The Kier molecular flexibility index (Phi) is 3.09. The molecule has 0 aromatic heterocycles. The van der Waals surface area contributed by atoms with Gasteiger partial charge in [0.15, 0.2) is 0 Å². The van der Waals surface area contributed by atoms with E-state index in [-0.39, 0.29) is 5.91 Å². The minimum absolute atomic E-state index is 0.0319. The Hall–Kier alpha value is -1.51. The van der Waals surface area contributed by atoms with E-state index in [0.29, 0.717) is 18.4 Å². The van der Waals surface area contributed by atoms with E-state index in [4.69, 9.17) is 0 Å². The van der Waals surface area contributed by atoms with Gasteiger partial charge in [0, 0.05) is 0 Å². The van der Waals surface area contributed by atoms with Gasteiger partial charge in [-0.2, -0.15) is 0 Å². The van der Waals surface area contributed by atoms with Gasteiger partial charge in [-0.15, -0.1) is 0 Å². The van der Waals surface area contributed by atoms with Crippen LogP contribution in [-0.2, 0) is 4.79 Å². The summed E-state index contributed by atoms with van der Waals surface area (Å²) in [5, 5.41) is 6.17. The van der Waals surface area contributed by atoms with Gasteiger partial charge in [-0.3, -0.25) is 4.79 Å². The number of carbonyl (C=O) groups excluding carboxylic acids is 1. The van der Waals surface area contributed by atoms with E-state index in [0.717, 1.165) is 11.4 Å². The van der Waals surface area contributed by atoms with Crippen LogP contribution in [0.2, 0.25) is 0 Å². The fraction of sp³-hybridized carbons (Fsp3) is 0.500. The van der Waals surface area contributed by atoms with Gasteiger partial charge in [0.2, 0.25) is 5.91 Å². The molecule has 17 heavy (non-hydrogen) atoms. The van der Waals surface area contributed by atoms with Gasteiger partial charge >= 0.3 is 0 Å². The minimum Gasteiger partial charge on any atom is -0.374 e. The molecule has 3 heteroatoms. The number of fused-ring (bicyclic) bond motifs is 1. The van der Waals surface area contributed by atoms with Crippen molar-refractivity contribution >= 4 is 17.3 Å². The molecule has 1 aromatic carbocycles. The molecule has 0 saturated carbocycles. The molecule has 1 aliphatic rings. The van der Waals surface area contributed by atoms with Gasteiger partial charge in [0.05, 0.1) is 17.9 Å². The smallest absolute Gasteiger partial charge is 0.243 e. The molecule has 0 atom stereocenters.